The molecule has 2 aromatic carbocycles. The molecule has 9 heteroatoms. The molecule has 0 aromatic heterocycles. The molecule has 0 radical (unpaired) electrons. The van der Waals surface area contributed by atoms with E-state index in [1.807, 2.05) is 36.4 Å². The van der Waals surface area contributed by atoms with Gasteiger partial charge in [-0.1, -0.05) is 12.1 Å². The molecule has 0 bridgehead atoms. The second-order valence-corrected chi connectivity index (χ2v) is 7.58. The van der Waals surface area contributed by atoms with Gasteiger partial charge in [0, 0.05) is 59.6 Å². The standard InChI is InChI=1S/C23H30FN5O2.HI/c1-25-23(29-13-11-28(12-14-29)20-9-7-19(24)8-10-20)26-16-18-5-4-6-21(15-18)31-17-22(30)27(2)3;/h4-10,15H,11-14,16-17H2,1-3H3,(H,25,26);1H. The van der Waals surface area contributed by atoms with Gasteiger partial charge in [-0.25, -0.2) is 4.39 Å². The van der Waals surface area contributed by atoms with E-state index in [0.29, 0.717) is 12.3 Å². The van der Waals surface area contributed by atoms with Gasteiger partial charge in [0.25, 0.3) is 5.91 Å². The van der Waals surface area contributed by atoms with E-state index in [1.165, 1.54) is 17.0 Å². The summed E-state index contributed by atoms with van der Waals surface area (Å²) in [7, 11) is 5.19. The lowest BCUT2D eigenvalue weighted by molar-refractivity contribution is -0.130. The van der Waals surface area contributed by atoms with E-state index < -0.39 is 0 Å². The van der Waals surface area contributed by atoms with Crippen LogP contribution < -0.4 is 15.0 Å². The van der Waals surface area contributed by atoms with Gasteiger partial charge in [-0.05, 0) is 42.0 Å². The lowest BCUT2D eigenvalue weighted by atomic mass is 10.2. The number of hydrogen-bond donors (Lipinski definition) is 1. The molecule has 32 heavy (non-hydrogen) atoms. The summed E-state index contributed by atoms with van der Waals surface area (Å²) in [6.45, 7) is 3.96. The molecular weight excluding hydrogens is 524 g/mol. The molecule has 3 rings (SSSR count). The molecule has 1 saturated heterocycles. The topological polar surface area (TPSA) is 60.4 Å². The first-order valence-electron chi connectivity index (χ1n) is 10.3. The maximum absolute atomic E-state index is 13.2. The number of amides is 1. The Hall–Kier alpha value is -2.56. The number of ether oxygens (including phenoxy) is 1. The van der Waals surface area contributed by atoms with E-state index >= 15 is 0 Å². The number of halogens is 2. The first-order chi connectivity index (χ1) is 15.0. The second-order valence-electron chi connectivity index (χ2n) is 7.58. The minimum atomic E-state index is -0.217. The quantitative estimate of drug-likeness (QED) is 0.338. The fraction of sp³-hybridized carbons (Fsp3) is 0.391. The Labute approximate surface area is 206 Å². The third kappa shape index (κ3) is 7.25. The third-order valence-electron chi connectivity index (χ3n) is 5.19. The van der Waals surface area contributed by atoms with Gasteiger partial charge in [-0.15, -0.1) is 24.0 Å². The van der Waals surface area contributed by atoms with Crippen LogP contribution in [0.3, 0.4) is 0 Å². The average molecular weight is 555 g/mol. The van der Waals surface area contributed by atoms with E-state index in [0.717, 1.165) is 43.4 Å². The summed E-state index contributed by atoms with van der Waals surface area (Å²) in [6, 6.07) is 14.3. The van der Waals surface area contributed by atoms with Crippen LogP contribution in [-0.4, -0.2) is 75.6 Å². The van der Waals surface area contributed by atoms with Gasteiger partial charge in [0.1, 0.15) is 11.6 Å². The zero-order valence-electron chi connectivity index (χ0n) is 18.8. The molecular formula is C23H31FIN5O2. The molecule has 0 saturated carbocycles. The monoisotopic (exact) mass is 555 g/mol. The molecule has 2 aromatic rings. The van der Waals surface area contributed by atoms with E-state index in [4.69, 9.17) is 4.74 Å². The van der Waals surface area contributed by atoms with Crippen molar-refractivity contribution >= 4 is 41.5 Å². The van der Waals surface area contributed by atoms with Crippen LogP contribution in [0, 0.1) is 5.82 Å². The zero-order chi connectivity index (χ0) is 22.2. The molecule has 174 valence electrons. The second kappa shape index (κ2) is 12.5. The molecule has 0 unspecified atom stereocenters. The highest BCUT2D eigenvalue weighted by Crippen LogP contribution is 2.17. The van der Waals surface area contributed by atoms with Gasteiger partial charge < -0.3 is 24.8 Å². The number of benzene rings is 2. The van der Waals surface area contributed by atoms with Crippen molar-refractivity contribution < 1.29 is 13.9 Å². The highest BCUT2D eigenvalue weighted by molar-refractivity contribution is 14.0. The normalized spacial score (nSPS) is 13.9. The summed E-state index contributed by atoms with van der Waals surface area (Å²) in [5.74, 6) is 1.21. The zero-order valence-corrected chi connectivity index (χ0v) is 21.1. The van der Waals surface area contributed by atoms with Crippen LogP contribution in [0.1, 0.15) is 5.56 Å². The van der Waals surface area contributed by atoms with Crippen molar-refractivity contribution in [3.63, 3.8) is 0 Å². The van der Waals surface area contributed by atoms with Crippen LogP contribution >= 0.6 is 24.0 Å². The van der Waals surface area contributed by atoms with Crippen LogP contribution in [0.25, 0.3) is 0 Å². The van der Waals surface area contributed by atoms with E-state index in [2.05, 4.69) is 20.1 Å². The summed E-state index contributed by atoms with van der Waals surface area (Å²) < 4.78 is 18.7. The highest BCUT2D eigenvalue weighted by atomic mass is 127. The Balaban J connectivity index is 0.00000363. The Morgan fingerprint density at radius 2 is 1.81 bits per heavy atom. The molecule has 1 aliphatic heterocycles. The van der Waals surface area contributed by atoms with Crippen LogP contribution in [0.15, 0.2) is 53.5 Å². The van der Waals surface area contributed by atoms with Crippen molar-refractivity contribution in [3.8, 4) is 5.75 Å². The van der Waals surface area contributed by atoms with Crippen LogP contribution in [0.2, 0.25) is 0 Å². The van der Waals surface area contributed by atoms with E-state index in [-0.39, 0.29) is 42.3 Å². The number of guanidine groups is 1. The number of carbonyl (C=O) groups is 1. The molecule has 1 amide bonds. The number of piperazine rings is 1. The first-order valence-corrected chi connectivity index (χ1v) is 10.3. The third-order valence-corrected chi connectivity index (χ3v) is 5.19. The Morgan fingerprint density at radius 1 is 1.12 bits per heavy atom. The summed E-state index contributed by atoms with van der Waals surface area (Å²) >= 11 is 0. The number of carbonyl (C=O) groups excluding carboxylic acids is 1. The predicted molar refractivity (Wildman–Crippen MR) is 136 cm³/mol. The van der Waals surface area contributed by atoms with Crippen LogP contribution in [-0.2, 0) is 11.3 Å². The van der Waals surface area contributed by atoms with Crippen LogP contribution in [0.4, 0.5) is 10.1 Å². The highest BCUT2D eigenvalue weighted by Gasteiger charge is 2.19. The van der Waals surface area contributed by atoms with Gasteiger partial charge in [0.2, 0.25) is 0 Å². The maximum atomic E-state index is 13.2. The van der Waals surface area contributed by atoms with Gasteiger partial charge >= 0.3 is 0 Å². The molecule has 1 N–H and O–H groups in total. The summed E-state index contributed by atoms with van der Waals surface area (Å²) in [5.41, 5.74) is 2.08. The van der Waals surface area contributed by atoms with Crippen LogP contribution in [0.5, 0.6) is 5.75 Å². The van der Waals surface area contributed by atoms with Gasteiger partial charge in [0.15, 0.2) is 12.6 Å². The Bertz CT molecular complexity index is 900. The smallest absolute Gasteiger partial charge is 0.259 e. The van der Waals surface area contributed by atoms with Crippen molar-refractivity contribution in [2.45, 2.75) is 6.54 Å². The number of anilines is 1. The predicted octanol–water partition coefficient (Wildman–Crippen LogP) is 2.81. The molecule has 1 fully saturated rings. The Kier molecular flexibility index (Phi) is 10.0. The molecule has 0 atom stereocenters. The molecule has 7 nitrogen and oxygen atoms in total. The number of likely N-dealkylation sites (N-methyl/N-ethyl adjacent to an activating group) is 1. The summed E-state index contributed by atoms with van der Waals surface area (Å²) in [4.78, 5) is 22.1. The SMILES string of the molecule is CN=C(NCc1cccc(OCC(=O)N(C)C)c1)N1CCN(c2ccc(F)cc2)CC1.I. The number of nitrogens with one attached hydrogen (secondary N) is 1. The molecule has 1 aliphatic rings. The maximum Gasteiger partial charge on any atom is 0.259 e. The summed E-state index contributed by atoms with van der Waals surface area (Å²) in [5, 5.41) is 3.40. The number of nitrogens with zero attached hydrogens (tertiary/aromatic N) is 4. The molecule has 1 heterocycles. The largest absolute Gasteiger partial charge is 0.484 e. The van der Waals surface area contributed by atoms with Crippen molar-refractivity contribution in [3.05, 3.63) is 59.9 Å². The number of hydrogen-bond acceptors (Lipinski definition) is 4. The fourth-order valence-corrected chi connectivity index (χ4v) is 3.36. The van der Waals surface area contributed by atoms with Crippen molar-refractivity contribution in [2.24, 2.45) is 4.99 Å². The molecule has 0 aliphatic carbocycles. The lowest BCUT2D eigenvalue weighted by Gasteiger charge is -2.37. The van der Waals surface area contributed by atoms with Crippen molar-refractivity contribution in [2.75, 3.05) is 58.8 Å². The minimum absolute atomic E-state index is 0. The van der Waals surface area contributed by atoms with Gasteiger partial charge in [-0.3, -0.25) is 9.79 Å². The van der Waals surface area contributed by atoms with Gasteiger partial charge in [0.05, 0.1) is 0 Å². The first kappa shape index (κ1) is 25.7. The molecule has 0 spiro atoms. The Morgan fingerprint density at radius 3 is 2.44 bits per heavy atom. The minimum Gasteiger partial charge on any atom is -0.484 e. The van der Waals surface area contributed by atoms with Crippen molar-refractivity contribution in [1.82, 2.24) is 15.1 Å². The lowest BCUT2D eigenvalue weighted by Crippen LogP contribution is -2.52. The summed E-state index contributed by atoms with van der Waals surface area (Å²) in [6.07, 6.45) is 0. The van der Waals surface area contributed by atoms with Crippen molar-refractivity contribution in [1.29, 1.82) is 0 Å². The fourth-order valence-electron chi connectivity index (χ4n) is 3.36. The number of aliphatic imine (C=N–C) groups is 1. The average Bonchev–Trinajstić information content (AvgIpc) is 2.79. The van der Waals surface area contributed by atoms with E-state index in [9.17, 15) is 9.18 Å². The van der Waals surface area contributed by atoms with E-state index in [1.54, 1.807) is 21.1 Å². The number of rotatable bonds is 6. The van der Waals surface area contributed by atoms with Gasteiger partial charge in [-0.2, -0.15) is 0 Å².